The van der Waals surface area contributed by atoms with Crippen molar-refractivity contribution in [3.05, 3.63) is 47.6 Å². The first-order valence-electron chi connectivity index (χ1n) is 15.4. The third-order valence-electron chi connectivity index (χ3n) is 8.18. The van der Waals surface area contributed by atoms with Gasteiger partial charge >= 0.3 is 0 Å². The van der Waals surface area contributed by atoms with Gasteiger partial charge in [-0.05, 0) is 36.8 Å². The Bertz CT molecular complexity index is 1510. The van der Waals surface area contributed by atoms with Crippen LogP contribution in [0.15, 0.2) is 42.6 Å². The number of rotatable bonds is 10. The quantitative estimate of drug-likeness (QED) is 0.295. The fourth-order valence-corrected chi connectivity index (χ4v) is 5.70. The van der Waals surface area contributed by atoms with E-state index in [0.717, 1.165) is 62.8 Å². The number of halogens is 1. The Kier molecular flexibility index (Phi) is 10.5. The lowest BCUT2D eigenvalue weighted by atomic mass is 10.1. The number of nitrogens with one attached hydrogen (secondary N) is 3. The second-order valence-corrected chi connectivity index (χ2v) is 11.6. The van der Waals surface area contributed by atoms with Crippen LogP contribution in [-0.4, -0.2) is 93.2 Å². The summed E-state index contributed by atoms with van der Waals surface area (Å²) < 4.78 is 5.71. The van der Waals surface area contributed by atoms with Gasteiger partial charge in [-0.3, -0.25) is 9.59 Å². The van der Waals surface area contributed by atoms with Gasteiger partial charge in [-0.1, -0.05) is 18.5 Å². The molecular weight excluding hydrogens is 594 g/mol. The van der Waals surface area contributed by atoms with Crippen molar-refractivity contribution in [2.24, 2.45) is 0 Å². The fraction of sp³-hybridized carbons (Fsp3) is 0.438. The molecular formula is C32H42ClN9O3. The molecule has 2 aliphatic rings. The standard InChI is InChI=1S/C32H42ClN9O3/c1-5-6-30(44)39(3)28-19-23(41-13-11-34-12-14-41)7-9-26(28)36-31-25(33)21-35-32(38-31)37-27-10-8-24(20-29(27)45-4)42-17-15-40(16-18-42)22(2)43/h7-10,19-21,34H,5-6,11-18H2,1-4H3,(H2,35,36,37,38). The molecule has 3 heterocycles. The van der Waals surface area contributed by atoms with Gasteiger partial charge in [-0.25, -0.2) is 4.98 Å². The molecule has 2 saturated heterocycles. The minimum atomic E-state index is 0.0328. The van der Waals surface area contributed by atoms with E-state index in [4.69, 9.17) is 16.3 Å². The molecule has 240 valence electrons. The maximum atomic E-state index is 13.0. The zero-order valence-electron chi connectivity index (χ0n) is 26.4. The average molecular weight is 636 g/mol. The van der Waals surface area contributed by atoms with Crippen molar-refractivity contribution in [2.45, 2.75) is 26.7 Å². The molecule has 2 fully saturated rings. The lowest BCUT2D eigenvalue weighted by Gasteiger charge is -2.35. The van der Waals surface area contributed by atoms with Crippen LogP contribution in [0.3, 0.4) is 0 Å². The Hall–Kier alpha value is -4.29. The maximum absolute atomic E-state index is 13.0. The summed E-state index contributed by atoms with van der Waals surface area (Å²) in [5, 5.41) is 10.3. The highest BCUT2D eigenvalue weighted by Gasteiger charge is 2.21. The lowest BCUT2D eigenvalue weighted by molar-refractivity contribution is -0.129. The van der Waals surface area contributed by atoms with Gasteiger partial charge < -0.3 is 40.3 Å². The number of anilines is 7. The third-order valence-corrected chi connectivity index (χ3v) is 8.46. The summed E-state index contributed by atoms with van der Waals surface area (Å²) in [6, 6.07) is 12.0. The predicted octanol–water partition coefficient (Wildman–Crippen LogP) is 4.47. The minimum Gasteiger partial charge on any atom is -0.494 e. The van der Waals surface area contributed by atoms with Crippen LogP contribution in [0.25, 0.3) is 0 Å². The van der Waals surface area contributed by atoms with Crippen LogP contribution < -0.4 is 35.4 Å². The van der Waals surface area contributed by atoms with E-state index < -0.39 is 0 Å². The first-order chi connectivity index (χ1) is 21.8. The van der Waals surface area contributed by atoms with E-state index in [1.165, 1.54) is 6.20 Å². The fourth-order valence-electron chi connectivity index (χ4n) is 5.56. The minimum absolute atomic E-state index is 0.0328. The van der Waals surface area contributed by atoms with Crippen molar-refractivity contribution < 1.29 is 14.3 Å². The summed E-state index contributed by atoms with van der Waals surface area (Å²) in [5.74, 6) is 1.50. The molecule has 0 saturated carbocycles. The molecule has 0 radical (unpaired) electrons. The molecule has 3 aromatic rings. The van der Waals surface area contributed by atoms with Gasteiger partial charge in [0.05, 0.1) is 30.4 Å². The number of carbonyl (C=O) groups is 2. The monoisotopic (exact) mass is 635 g/mol. The Labute approximate surface area is 269 Å². The summed E-state index contributed by atoms with van der Waals surface area (Å²) in [4.78, 5) is 41.9. The Morgan fingerprint density at radius 1 is 0.978 bits per heavy atom. The molecule has 13 heteroatoms. The molecule has 0 atom stereocenters. The first-order valence-corrected chi connectivity index (χ1v) is 15.8. The SMILES string of the molecule is CCCC(=O)N(C)c1cc(N2CCNCC2)ccc1Nc1nc(Nc2ccc(N3CCN(C(C)=O)CC3)cc2OC)ncc1Cl. The zero-order chi connectivity index (χ0) is 31.9. The van der Waals surface area contributed by atoms with E-state index in [1.807, 2.05) is 42.2 Å². The number of benzene rings is 2. The summed E-state index contributed by atoms with van der Waals surface area (Å²) in [7, 11) is 3.42. The van der Waals surface area contributed by atoms with Crippen LogP contribution in [0.5, 0.6) is 5.75 Å². The summed E-state index contributed by atoms with van der Waals surface area (Å²) in [6.07, 6.45) is 2.75. The number of ether oxygens (including phenoxy) is 1. The van der Waals surface area contributed by atoms with Crippen molar-refractivity contribution in [3.8, 4) is 5.75 Å². The van der Waals surface area contributed by atoms with Gasteiger partial charge in [-0.15, -0.1) is 0 Å². The summed E-state index contributed by atoms with van der Waals surface area (Å²) in [5.41, 5.74) is 4.22. The Balaban J connectivity index is 1.37. The highest BCUT2D eigenvalue weighted by atomic mass is 35.5. The van der Waals surface area contributed by atoms with E-state index in [1.54, 1.807) is 26.0 Å². The highest BCUT2D eigenvalue weighted by Crippen LogP contribution is 2.36. The second-order valence-electron chi connectivity index (χ2n) is 11.2. The number of methoxy groups -OCH3 is 1. The molecule has 0 unspecified atom stereocenters. The van der Waals surface area contributed by atoms with Crippen LogP contribution in [0.2, 0.25) is 5.02 Å². The molecule has 45 heavy (non-hydrogen) atoms. The van der Waals surface area contributed by atoms with E-state index in [2.05, 4.69) is 41.8 Å². The maximum Gasteiger partial charge on any atom is 0.229 e. The van der Waals surface area contributed by atoms with Crippen LogP contribution in [-0.2, 0) is 9.59 Å². The van der Waals surface area contributed by atoms with E-state index in [9.17, 15) is 9.59 Å². The smallest absolute Gasteiger partial charge is 0.229 e. The molecule has 12 nitrogen and oxygen atoms in total. The third kappa shape index (κ3) is 7.69. The average Bonchev–Trinajstić information content (AvgIpc) is 3.06. The molecule has 0 aliphatic carbocycles. The predicted molar refractivity (Wildman–Crippen MR) is 181 cm³/mol. The number of aromatic nitrogens is 2. The molecule has 3 N–H and O–H groups in total. The van der Waals surface area contributed by atoms with Gasteiger partial charge in [0.15, 0.2) is 5.82 Å². The van der Waals surface area contributed by atoms with Gasteiger partial charge in [0.25, 0.3) is 0 Å². The number of piperazine rings is 2. The van der Waals surface area contributed by atoms with Crippen molar-refractivity contribution in [3.63, 3.8) is 0 Å². The van der Waals surface area contributed by atoms with Crippen molar-refractivity contribution in [1.29, 1.82) is 0 Å². The van der Waals surface area contributed by atoms with Crippen LogP contribution in [0.4, 0.5) is 40.2 Å². The van der Waals surface area contributed by atoms with Crippen molar-refractivity contribution >= 4 is 63.6 Å². The normalized spacial score (nSPS) is 15.1. The number of carbonyl (C=O) groups excluding carboxylic acids is 2. The topological polar surface area (TPSA) is 118 Å². The molecule has 2 amide bonds. The molecule has 2 aliphatic heterocycles. The van der Waals surface area contributed by atoms with Crippen LogP contribution in [0.1, 0.15) is 26.7 Å². The van der Waals surface area contributed by atoms with E-state index >= 15 is 0 Å². The van der Waals surface area contributed by atoms with Gasteiger partial charge in [0.2, 0.25) is 17.8 Å². The number of hydrogen-bond acceptors (Lipinski definition) is 10. The van der Waals surface area contributed by atoms with Crippen LogP contribution in [0, 0.1) is 0 Å². The molecule has 2 aromatic carbocycles. The first kappa shape index (κ1) is 32.1. The van der Waals surface area contributed by atoms with Crippen LogP contribution >= 0.6 is 11.6 Å². The Morgan fingerprint density at radius 3 is 2.31 bits per heavy atom. The number of hydrogen-bond donors (Lipinski definition) is 3. The van der Waals surface area contributed by atoms with E-state index in [-0.39, 0.29) is 11.8 Å². The summed E-state index contributed by atoms with van der Waals surface area (Å²) >= 11 is 6.58. The number of amides is 2. The molecule has 5 rings (SSSR count). The van der Waals surface area contributed by atoms with Crippen molar-refractivity contribution in [1.82, 2.24) is 20.2 Å². The van der Waals surface area contributed by atoms with E-state index in [0.29, 0.717) is 53.4 Å². The molecule has 0 bridgehead atoms. The highest BCUT2D eigenvalue weighted by molar-refractivity contribution is 6.33. The molecule has 0 spiro atoms. The lowest BCUT2D eigenvalue weighted by Crippen LogP contribution is -2.48. The number of nitrogens with zero attached hydrogens (tertiary/aromatic N) is 6. The Morgan fingerprint density at radius 2 is 1.64 bits per heavy atom. The largest absolute Gasteiger partial charge is 0.494 e. The zero-order valence-corrected chi connectivity index (χ0v) is 27.2. The second kappa shape index (κ2) is 14.7. The van der Waals surface area contributed by atoms with Crippen molar-refractivity contribution in [2.75, 3.05) is 91.8 Å². The van der Waals surface area contributed by atoms with Gasteiger partial charge in [-0.2, -0.15) is 4.98 Å². The van der Waals surface area contributed by atoms with Gasteiger partial charge in [0.1, 0.15) is 10.8 Å². The summed E-state index contributed by atoms with van der Waals surface area (Å²) in [6.45, 7) is 10.1. The molecule has 1 aromatic heterocycles. The van der Waals surface area contributed by atoms with Gasteiger partial charge in [0, 0.05) is 90.2 Å².